The van der Waals surface area contributed by atoms with Gasteiger partial charge in [0.25, 0.3) is 0 Å². The molecule has 3 aromatic rings. The molecule has 1 aromatic heterocycles. The zero-order valence-electron chi connectivity index (χ0n) is 12.0. The van der Waals surface area contributed by atoms with E-state index in [1.165, 1.54) is 0 Å². The molecule has 0 fully saturated rings. The number of aromatic nitrogens is 2. The van der Waals surface area contributed by atoms with E-state index in [0.717, 1.165) is 21.1 Å². The fourth-order valence-electron chi connectivity index (χ4n) is 2.29. The van der Waals surface area contributed by atoms with Gasteiger partial charge >= 0.3 is 6.03 Å². The summed E-state index contributed by atoms with van der Waals surface area (Å²) in [5, 5.41) is 2.91. The molecule has 2 N–H and O–H groups in total. The molecule has 0 saturated carbocycles. The lowest BCUT2D eigenvalue weighted by Gasteiger charge is -2.16. The van der Waals surface area contributed by atoms with E-state index in [9.17, 15) is 4.79 Å². The molecule has 0 saturated heterocycles. The van der Waals surface area contributed by atoms with Crippen LogP contribution >= 0.6 is 15.9 Å². The predicted molar refractivity (Wildman–Crippen MR) is 90.2 cm³/mol. The highest BCUT2D eigenvalue weighted by Gasteiger charge is 2.12. The number of nitrogens with one attached hydrogen (secondary N) is 2. The van der Waals surface area contributed by atoms with Crippen LogP contribution in [0.2, 0.25) is 0 Å². The second kappa shape index (κ2) is 6.19. The van der Waals surface area contributed by atoms with Gasteiger partial charge < -0.3 is 5.32 Å². The van der Waals surface area contributed by atoms with Gasteiger partial charge in [-0.1, -0.05) is 46.3 Å². The lowest BCUT2D eigenvalue weighted by Crippen LogP contribution is -2.35. The number of hydrogen-bond donors (Lipinski definition) is 2. The van der Waals surface area contributed by atoms with Gasteiger partial charge in [-0.15, -0.1) is 0 Å². The zero-order valence-corrected chi connectivity index (χ0v) is 13.5. The topological polar surface area (TPSA) is 59.0 Å². The average molecular weight is 359 g/mol. The van der Waals surface area contributed by atoms with Crippen molar-refractivity contribution in [3.05, 3.63) is 64.9 Å². The number of nitrogens with zero attached hydrogens (tertiary/aromatic N) is 2. The third kappa shape index (κ3) is 2.96. The number of fused-ring (bicyclic) bond motifs is 1. The summed E-state index contributed by atoms with van der Waals surface area (Å²) in [5.41, 5.74) is 5.48. The van der Waals surface area contributed by atoms with Gasteiger partial charge in [0.1, 0.15) is 6.33 Å². The molecule has 0 unspecified atom stereocenters. The first kappa shape index (κ1) is 14.6. The molecule has 1 heterocycles. The van der Waals surface area contributed by atoms with Crippen molar-refractivity contribution in [2.75, 3.05) is 5.43 Å². The van der Waals surface area contributed by atoms with Gasteiger partial charge in [0, 0.05) is 4.47 Å². The van der Waals surface area contributed by atoms with E-state index in [4.69, 9.17) is 0 Å². The molecule has 5 nitrogen and oxygen atoms in total. The molecular weight excluding hydrogens is 344 g/mol. The molecule has 2 amide bonds. The van der Waals surface area contributed by atoms with E-state index in [-0.39, 0.29) is 12.1 Å². The molecule has 6 heteroatoms. The number of para-hydroxylation sites is 2. The van der Waals surface area contributed by atoms with Crippen LogP contribution in [0.3, 0.4) is 0 Å². The summed E-state index contributed by atoms with van der Waals surface area (Å²) in [6.07, 6.45) is 1.59. The predicted octanol–water partition coefficient (Wildman–Crippen LogP) is 3.81. The van der Waals surface area contributed by atoms with Gasteiger partial charge in [-0.05, 0) is 30.7 Å². The van der Waals surface area contributed by atoms with E-state index < -0.39 is 0 Å². The van der Waals surface area contributed by atoms with E-state index in [1.807, 2.05) is 55.5 Å². The summed E-state index contributed by atoms with van der Waals surface area (Å²) in [6.45, 7) is 1.94. The number of urea groups is 1. The highest BCUT2D eigenvalue weighted by molar-refractivity contribution is 9.10. The molecule has 0 spiro atoms. The quantitative estimate of drug-likeness (QED) is 0.747. The van der Waals surface area contributed by atoms with Crippen LogP contribution in [-0.4, -0.2) is 15.7 Å². The summed E-state index contributed by atoms with van der Waals surface area (Å²) in [7, 11) is 0. The van der Waals surface area contributed by atoms with Gasteiger partial charge in [-0.2, -0.15) is 0 Å². The summed E-state index contributed by atoms with van der Waals surface area (Å²) < 4.78 is 2.58. The highest BCUT2D eigenvalue weighted by Crippen LogP contribution is 2.22. The molecule has 112 valence electrons. The minimum Gasteiger partial charge on any atom is -0.330 e. The first-order valence-corrected chi connectivity index (χ1v) is 7.68. The third-order valence-corrected chi connectivity index (χ3v) is 4.12. The number of carbonyl (C=O) groups excluding carboxylic acids is 1. The van der Waals surface area contributed by atoms with Crippen LogP contribution in [0, 0.1) is 0 Å². The van der Waals surface area contributed by atoms with Crippen LogP contribution in [0.4, 0.5) is 4.79 Å². The minimum absolute atomic E-state index is 0.120. The molecule has 22 heavy (non-hydrogen) atoms. The Morgan fingerprint density at radius 3 is 2.73 bits per heavy atom. The van der Waals surface area contributed by atoms with E-state index in [2.05, 4.69) is 31.7 Å². The Hall–Kier alpha value is -2.34. The van der Waals surface area contributed by atoms with Crippen LogP contribution in [0.1, 0.15) is 18.5 Å². The van der Waals surface area contributed by atoms with E-state index >= 15 is 0 Å². The van der Waals surface area contributed by atoms with Gasteiger partial charge in [0.15, 0.2) is 0 Å². The molecule has 0 aliphatic rings. The van der Waals surface area contributed by atoms with Crippen molar-refractivity contribution in [3.8, 4) is 0 Å². The van der Waals surface area contributed by atoms with Crippen LogP contribution in [0.25, 0.3) is 11.0 Å². The number of hydrogen-bond acceptors (Lipinski definition) is 2. The summed E-state index contributed by atoms with van der Waals surface area (Å²) in [4.78, 5) is 16.4. The number of carbonyl (C=O) groups is 1. The molecule has 0 aliphatic carbocycles. The first-order valence-electron chi connectivity index (χ1n) is 6.89. The SMILES string of the molecule is C[C@@H](NC(=O)Nn1cnc2ccccc21)c1ccccc1Br. The normalized spacial score (nSPS) is 12.1. The van der Waals surface area contributed by atoms with Gasteiger partial charge in [0.05, 0.1) is 17.1 Å². The standard InChI is InChI=1S/C16H15BrN4O/c1-11(12-6-2-3-7-13(12)17)19-16(22)20-21-10-18-14-8-4-5-9-15(14)21/h2-11H,1H3,(H2,19,20,22)/t11-/m1/s1. The summed E-state index contributed by atoms with van der Waals surface area (Å²) in [5.74, 6) is 0. The van der Waals surface area contributed by atoms with E-state index in [0.29, 0.717) is 0 Å². The Morgan fingerprint density at radius 1 is 1.18 bits per heavy atom. The van der Waals surface area contributed by atoms with Crippen LogP contribution in [0.5, 0.6) is 0 Å². The van der Waals surface area contributed by atoms with Gasteiger partial charge in [-0.3, -0.25) is 0 Å². The van der Waals surface area contributed by atoms with Crippen molar-refractivity contribution in [1.29, 1.82) is 0 Å². The zero-order chi connectivity index (χ0) is 15.5. The maximum absolute atomic E-state index is 12.2. The van der Waals surface area contributed by atoms with Crippen molar-refractivity contribution >= 4 is 33.0 Å². The Labute approximate surface area is 136 Å². The van der Waals surface area contributed by atoms with Crippen LogP contribution in [-0.2, 0) is 0 Å². The van der Waals surface area contributed by atoms with Gasteiger partial charge in [-0.25, -0.2) is 19.9 Å². The monoisotopic (exact) mass is 358 g/mol. The van der Waals surface area contributed by atoms with Gasteiger partial charge in [0.2, 0.25) is 0 Å². The lowest BCUT2D eigenvalue weighted by molar-refractivity contribution is 0.247. The number of halogens is 1. The number of amides is 2. The maximum atomic E-state index is 12.2. The Balaban J connectivity index is 1.71. The Bertz CT molecular complexity index is 815. The lowest BCUT2D eigenvalue weighted by atomic mass is 10.1. The summed E-state index contributed by atoms with van der Waals surface area (Å²) in [6, 6.07) is 15.0. The second-order valence-corrected chi connectivity index (χ2v) is 5.79. The fourth-order valence-corrected chi connectivity index (χ4v) is 2.92. The molecule has 3 rings (SSSR count). The number of imidazole rings is 1. The first-order chi connectivity index (χ1) is 10.6. The number of rotatable bonds is 3. The van der Waals surface area contributed by atoms with E-state index in [1.54, 1.807) is 11.0 Å². The van der Waals surface area contributed by atoms with Crippen molar-refractivity contribution < 1.29 is 4.79 Å². The number of benzene rings is 2. The summed E-state index contributed by atoms with van der Waals surface area (Å²) >= 11 is 3.49. The second-order valence-electron chi connectivity index (χ2n) is 4.93. The molecule has 2 aromatic carbocycles. The molecule has 1 atom stereocenters. The molecule has 0 radical (unpaired) electrons. The minimum atomic E-state index is -0.286. The smallest absolute Gasteiger partial charge is 0.330 e. The van der Waals surface area contributed by atoms with Crippen LogP contribution in [0.15, 0.2) is 59.3 Å². The molecule has 0 bridgehead atoms. The van der Waals surface area contributed by atoms with Crippen LogP contribution < -0.4 is 10.7 Å². The Morgan fingerprint density at radius 2 is 1.91 bits per heavy atom. The van der Waals surface area contributed by atoms with Crippen molar-refractivity contribution in [1.82, 2.24) is 15.0 Å². The third-order valence-electron chi connectivity index (χ3n) is 3.39. The molecular formula is C16H15BrN4O. The largest absolute Gasteiger partial charge is 0.334 e. The Kier molecular flexibility index (Phi) is 4.11. The van der Waals surface area contributed by atoms with Crippen molar-refractivity contribution in [2.24, 2.45) is 0 Å². The highest BCUT2D eigenvalue weighted by atomic mass is 79.9. The van der Waals surface area contributed by atoms with Crippen molar-refractivity contribution in [3.63, 3.8) is 0 Å². The average Bonchev–Trinajstić information content (AvgIpc) is 2.91. The molecule has 0 aliphatic heterocycles. The fraction of sp³-hybridized carbons (Fsp3) is 0.125. The maximum Gasteiger partial charge on any atom is 0.334 e. The van der Waals surface area contributed by atoms with Crippen molar-refractivity contribution in [2.45, 2.75) is 13.0 Å².